The minimum absolute atomic E-state index is 0.581. The lowest BCUT2D eigenvalue weighted by atomic mass is 9.96. The fourth-order valence-electron chi connectivity index (χ4n) is 3.42. The highest BCUT2D eigenvalue weighted by Crippen LogP contribution is 2.37. The van der Waals surface area contributed by atoms with Crippen LogP contribution in [0.1, 0.15) is 18.1 Å². The summed E-state index contributed by atoms with van der Waals surface area (Å²) in [5.41, 5.74) is 2.04. The van der Waals surface area contributed by atoms with Crippen LogP contribution in [0.2, 0.25) is 0 Å². The molecule has 3 aromatic carbocycles. The van der Waals surface area contributed by atoms with E-state index < -0.39 is 5.60 Å². The molecule has 3 aromatic rings. The highest BCUT2D eigenvalue weighted by Gasteiger charge is 2.31. The predicted octanol–water partition coefficient (Wildman–Crippen LogP) is 3.84. The first-order valence-electron chi connectivity index (χ1n) is 6.79. The molecule has 0 radical (unpaired) electrons. The summed E-state index contributed by atoms with van der Waals surface area (Å²) in [7, 11) is 0. The third-order valence-corrected chi connectivity index (χ3v) is 4.26. The SMILES string of the molecule is CC1(O)Cc2ccc3c(ccc4ccccc43)c2C1. The van der Waals surface area contributed by atoms with Gasteiger partial charge in [-0.2, -0.15) is 0 Å². The van der Waals surface area contributed by atoms with Crippen LogP contribution in [0.3, 0.4) is 0 Å². The van der Waals surface area contributed by atoms with Crippen molar-refractivity contribution >= 4 is 21.5 Å². The quantitative estimate of drug-likeness (QED) is 0.599. The first-order chi connectivity index (χ1) is 9.14. The Hall–Kier alpha value is -1.86. The molecule has 0 amide bonds. The first kappa shape index (κ1) is 11.0. The zero-order valence-corrected chi connectivity index (χ0v) is 11.0. The van der Waals surface area contributed by atoms with Crippen LogP contribution in [0, 0.1) is 0 Å². The fourth-order valence-corrected chi connectivity index (χ4v) is 3.42. The monoisotopic (exact) mass is 248 g/mol. The van der Waals surface area contributed by atoms with Crippen molar-refractivity contribution in [2.24, 2.45) is 0 Å². The highest BCUT2D eigenvalue weighted by atomic mass is 16.3. The van der Waals surface area contributed by atoms with Crippen molar-refractivity contribution < 1.29 is 5.11 Å². The minimum atomic E-state index is -0.581. The van der Waals surface area contributed by atoms with Gasteiger partial charge in [0, 0.05) is 12.8 Å². The molecular weight excluding hydrogens is 232 g/mol. The van der Waals surface area contributed by atoms with E-state index in [2.05, 4.69) is 48.5 Å². The number of rotatable bonds is 0. The Balaban J connectivity index is 2.10. The molecule has 19 heavy (non-hydrogen) atoms. The summed E-state index contributed by atoms with van der Waals surface area (Å²) in [6, 6.07) is 17.3. The number of benzene rings is 3. The third kappa shape index (κ3) is 1.58. The van der Waals surface area contributed by atoms with Gasteiger partial charge in [-0.15, -0.1) is 0 Å². The summed E-state index contributed by atoms with van der Waals surface area (Å²) < 4.78 is 0. The molecule has 1 aliphatic carbocycles. The predicted molar refractivity (Wildman–Crippen MR) is 79.5 cm³/mol. The highest BCUT2D eigenvalue weighted by molar-refractivity contribution is 6.08. The molecule has 94 valence electrons. The molecule has 1 unspecified atom stereocenters. The van der Waals surface area contributed by atoms with Crippen LogP contribution in [0.5, 0.6) is 0 Å². The van der Waals surface area contributed by atoms with Crippen LogP contribution in [-0.2, 0) is 12.8 Å². The van der Waals surface area contributed by atoms with Crippen molar-refractivity contribution in [1.82, 2.24) is 0 Å². The molecule has 0 fully saturated rings. The standard InChI is InChI=1S/C18H16O/c1-18(19)10-13-7-9-15-14-5-3-2-4-12(14)6-8-16(15)17(13)11-18/h2-9,19H,10-11H2,1H3. The molecule has 1 atom stereocenters. The third-order valence-electron chi connectivity index (χ3n) is 4.26. The van der Waals surface area contributed by atoms with Gasteiger partial charge in [0.05, 0.1) is 5.60 Å². The Kier molecular flexibility index (Phi) is 2.07. The van der Waals surface area contributed by atoms with Gasteiger partial charge in [0.1, 0.15) is 0 Å². The zero-order chi connectivity index (χ0) is 13.0. The summed E-state index contributed by atoms with van der Waals surface area (Å²) in [5.74, 6) is 0. The molecule has 0 aliphatic heterocycles. The Bertz CT molecular complexity index is 799. The average molecular weight is 248 g/mol. The maximum Gasteiger partial charge on any atom is 0.0700 e. The molecule has 0 aromatic heterocycles. The molecular formula is C18H16O. The van der Waals surface area contributed by atoms with E-state index in [1.165, 1.54) is 32.7 Å². The van der Waals surface area contributed by atoms with Crippen molar-refractivity contribution in [3.63, 3.8) is 0 Å². The van der Waals surface area contributed by atoms with Crippen molar-refractivity contribution in [2.75, 3.05) is 0 Å². The van der Waals surface area contributed by atoms with Gasteiger partial charge in [-0.1, -0.05) is 48.5 Å². The molecule has 4 rings (SSSR count). The summed E-state index contributed by atoms with van der Waals surface area (Å²) >= 11 is 0. The lowest BCUT2D eigenvalue weighted by Crippen LogP contribution is -2.23. The number of hydrogen-bond acceptors (Lipinski definition) is 1. The summed E-state index contributed by atoms with van der Waals surface area (Å²) in [6.45, 7) is 1.93. The second-order valence-electron chi connectivity index (χ2n) is 5.94. The van der Waals surface area contributed by atoms with Gasteiger partial charge in [-0.3, -0.25) is 0 Å². The molecule has 0 heterocycles. The Morgan fingerprint density at radius 2 is 1.63 bits per heavy atom. The number of hydrogen-bond donors (Lipinski definition) is 1. The summed E-state index contributed by atoms with van der Waals surface area (Å²) in [5, 5.41) is 15.5. The van der Waals surface area contributed by atoms with E-state index in [4.69, 9.17) is 0 Å². The van der Waals surface area contributed by atoms with E-state index >= 15 is 0 Å². The van der Waals surface area contributed by atoms with Gasteiger partial charge in [0.25, 0.3) is 0 Å². The second-order valence-corrected chi connectivity index (χ2v) is 5.94. The van der Waals surface area contributed by atoms with Gasteiger partial charge < -0.3 is 5.11 Å². The molecule has 1 heteroatoms. The maximum atomic E-state index is 10.3. The molecule has 1 N–H and O–H groups in total. The van der Waals surface area contributed by atoms with Gasteiger partial charge in [0.2, 0.25) is 0 Å². The smallest absolute Gasteiger partial charge is 0.0700 e. The largest absolute Gasteiger partial charge is 0.389 e. The fraction of sp³-hybridized carbons (Fsp3) is 0.222. The van der Waals surface area contributed by atoms with Crippen molar-refractivity contribution in [1.29, 1.82) is 0 Å². The van der Waals surface area contributed by atoms with Gasteiger partial charge >= 0.3 is 0 Å². The van der Waals surface area contributed by atoms with Crippen LogP contribution in [0.15, 0.2) is 48.5 Å². The number of fused-ring (bicyclic) bond motifs is 5. The second kappa shape index (κ2) is 3.58. The molecule has 1 aliphatic rings. The van der Waals surface area contributed by atoms with Gasteiger partial charge in [-0.25, -0.2) is 0 Å². The van der Waals surface area contributed by atoms with Crippen molar-refractivity contribution in [3.8, 4) is 0 Å². The molecule has 0 saturated carbocycles. The minimum Gasteiger partial charge on any atom is -0.389 e. The Morgan fingerprint density at radius 3 is 2.53 bits per heavy atom. The lowest BCUT2D eigenvalue weighted by Gasteiger charge is -2.13. The molecule has 0 spiro atoms. The molecule has 1 nitrogen and oxygen atoms in total. The van der Waals surface area contributed by atoms with E-state index in [1.54, 1.807) is 0 Å². The van der Waals surface area contributed by atoms with E-state index in [9.17, 15) is 5.11 Å². The van der Waals surface area contributed by atoms with Crippen LogP contribution in [0.4, 0.5) is 0 Å². The summed E-state index contributed by atoms with van der Waals surface area (Å²) in [6.07, 6.45) is 1.53. The average Bonchev–Trinajstić information content (AvgIpc) is 2.72. The lowest BCUT2D eigenvalue weighted by molar-refractivity contribution is 0.0720. The van der Waals surface area contributed by atoms with Gasteiger partial charge in [0.15, 0.2) is 0 Å². The van der Waals surface area contributed by atoms with E-state index in [1.807, 2.05) is 6.92 Å². The normalized spacial score (nSPS) is 22.0. The van der Waals surface area contributed by atoms with Gasteiger partial charge in [-0.05, 0) is 39.6 Å². The van der Waals surface area contributed by atoms with E-state index in [0.717, 1.165) is 12.8 Å². The van der Waals surface area contributed by atoms with Crippen LogP contribution in [-0.4, -0.2) is 10.7 Å². The van der Waals surface area contributed by atoms with Crippen molar-refractivity contribution in [2.45, 2.75) is 25.4 Å². The molecule has 0 saturated heterocycles. The van der Waals surface area contributed by atoms with Crippen LogP contribution in [0.25, 0.3) is 21.5 Å². The maximum absolute atomic E-state index is 10.3. The Morgan fingerprint density at radius 1 is 0.842 bits per heavy atom. The first-order valence-corrected chi connectivity index (χ1v) is 6.79. The van der Waals surface area contributed by atoms with Crippen LogP contribution >= 0.6 is 0 Å². The topological polar surface area (TPSA) is 20.2 Å². The van der Waals surface area contributed by atoms with E-state index in [-0.39, 0.29) is 0 Å². The van der Waals surface area contributed by atoms with Crippen LogP contribution < -0.4 is 0 Å². The zero-order valence-electron chi connectivity index (χ0n) is 11.0. The van der Waals surface area contributed by atoms with E-state index in [0.29, 0.717) is 0 Å². The summed E-state index contributed by atoms with van der Waals surface area (Å²) in [4.78, 5) is 0. The van der Waals surface area contributed by atoms with Crippen molar-refractivity contribution in [3.05, 3.63) is 59.7 Å². The molecule has 0 bridgehead atoms. The Labute approximate surface area is 112 Å². The number of aliphatic hydroxyl groups is 1.